The zero-order valence-corrected chi connectivity index (χ0v) is 14.8. The molecule has 1 amide bonds. The van der Waals surface area contributed by atoms with E-state index in [4.69, 9.17) is 4.74 Å². The third-order valence-electron chi connectivity index (χ3n) is 3.99. The molecule has 0 aromatic heterocycles. The highest BCUT2D eigenvalue weighted by Crippen LogP contribution is 2.21. The van der Waals surface area contributed by atoms with Crippen molar-refractivity contribution in [1.29, 1.82) is 0 Å². The highest BCUT2D eigenvalue weighted by atomic mass is 19.1. The molecule has 0 aliphatic heterocycles. The van der Waals surface area contributed by atoms with Crippen LogP contribution in [0.15, 0.2) is 78.9 Å². The lowest BCUT2D eigenvalue weighted by atomic mass is 10.1. The van der Waals surface area contributed by atoms with Gasteiger partial charge < -0.3 is 10.1 Å². The molecule has 0 saturated heterocycles. The Morgan fingerprint density at radius 2 is 1.50 bits per heavy atom. The molecule has 0 heterocycles. The zero-order valence-electron chi connectivity index (χ0n) is 14.8. The van der Waals surface area contributed by atoms with Gasteiger partial charge in [-0.3, -0.25) is 9.59 Å². The van der Waals surface area contributed by atoms with Crippen molar-refractivity contribution in [3.8, 4) is 0 Å². The van der Waals surface area contributed by atoms with Gasteiger partial charge in [0.05, 0.1) is 6.42 Å². The number of rotatable bonds is 6. The van der Waals surface area contributed by atoms with Gasteiger partial charge in [0.25, 0.3) is 5.91 Å². The summed E-state index contributed by atoms with van der Waals surface area (Å²) < 4.78 is 32.2. The molecule has 4 nitrogen and oxygen atoms in total. The van der Waals surface area contributed by atoms with Crippen LogP contribution in [0.2, 0.25) is 0 Å². The van der Waals surface area contributed by atoms with Crippen molar-refractivity contribution in [1.82, 2.24) is 0 Å². The summed E-state index contributed by atoms with van der Waals surface area (Å²) in [4.78, 5) is 25.0. The maximum atomic E-state index is 13.8. The monoisotopic (exact) mass is 381 g/mol. The number of anilines is 1. The van der Waals surface area contributed by atoms with Crippen LogP contribution in [0.5, 0.6) is 0 Å². The molecule has 0 fully saturated rings. The van der Waals surface area contributed by atoms with E-state index >= 15 is 0 Å². The van der Waals surface area contributed by atoms with Crippen LogP contribution in [0.4, 0.5) is 14.5 Å². The van der Waals surface area contributed by atoms with Crippen LogP contribution in [0.25, 0.3) is 0 Å². The van der Waals surface area contributed by atoms with Crippen LogP contribution >= 0.6 is 0 Å². The molecular formula is C22H17F2NO3. The molecule has 0 aliphatic carbocycles. The highest BCUT2D eigenvalue weighted by Gasteiger charge is 2.25. The summed E-state index contributed by atoms with van der Waals surface area (Å²) in [5.74, 6) is -2.30. The number of carbonyl (C=O) groups excluding carboxylic acids is 2. The topological polar surface area (TPSA) is 55.4 Å². The number of halogens is 2. The Kier molecular flexibility index (Phi) is 6.11. The molecule has 0 spiro atoms. The third kappa shape index (κ3) is 5.01. The van der Waals surface area contributed by atoms with E-state index in [-0.39, 0.29) is 12.0 Å². The van der Waals surface area contributed by atoms with Crippen LogP contribution in [0.3, 0.4) is 0 Å². The molecule has 142 valence electrons. The fraction of sp³-hybridized carbons (Fsp3) is 0.0909. The van der Waals surface area contributed by atoms with Crippen LogP contribution in [-0.4, -0.2) is 11.9 Å². The number of nitrogens with one attached hydrogen (secondary N) is 1. The molecule has 1 atom stereocenters. The molecule has 1 N–H and O–H groups in total. The van der Waals surface area contributed by atoms with Gasteiger partial charge in [0.2, 0.25) is 6.10 Å². The van der Waals surface area contributed by atoms with Crippen molar-refractivity contribution in [2.75, 3.05) is 5.32 Å². The van der Waals surface area contributed by atoms with Gasteiger partial charge in [0.1, 0.15) is 11.6 Å². The average molecular weight is 381 g/mol. The smallest absolute Gasteiger partial charge is 0.311 e. The lowest BCUT2D eigenvalue weighted by molar-refractivity contribution is -0.154. The quantitative estimate of drug-likeness (QED) is 0.643. The summed E-state index contributed by atoms with van der Waals surface area (Å²) in [6.45, 7) is 0. The third-order valence-corrected chi connectivity index (χ3v) is 3.99. The van der Waals surface area contributed by atoms with E-state index in [1.54, 1.807) is 36.4 Å². The number of esters is 1. The van der Waals surface area contributed by atoms with Gasteiger partial charge in [0, 0.05) is 11.3 Å². The Morgan fingerprint density at radius 3 is 2.18 bits per heavy atom. The first-order valence-corrected chi connectivity index (χ1v) is 8.57. The van der Waals surface area contributed by atoms with E-state index in [0.29, 0.717) is 11.3 Å². The van der Waals surface area contributed by atoms with Crippen LogP contribution < -0.4 is 5.32 Å². The van der Waals surface area contributed by atoms with Crippen molar-refractivity contribution in [2.24, 2.45) is 0 Å². The second-order valence-corrected chi connectivity index (χ2v) is 6.04. The van der Waals surface area contributed by atoms with Crippen molar-refractivity contribution >= 4 is 17.6 Å². The molecular weight excluding hydrogens is 364 g/mol. The predicted octanol–water partition coefficient (Wildman–Crippen LogP) is 4.43. The maximum Gasteiger partial charge on any atom is 0.311 e. The van der Waals surface area contributed by atoms with Gasteiger partial charge in [-0.1, -0.05) is 48.5 Å². The summed E-state index contributed by atoms with van der Waals surface area (Å²) in [5, 5.41) is 2.59. The minimum atomic E-state index is -1.23. The fourth-order valence-electron chi connectivity index (χ4n) is 2.61. The Labute approximate surface area is 160 Å². The molecule has 0 bridgehead atoms. The molecule has 0 aliphatic rings. The van der Waals surface area contributed by atoms with Crippen molar-refractivity contribution in [3.05, 3.63) is 102 Å². The molecule has 0 radical (unpaired) electrons. The summed E-state index contributed by atoms with van der Waals surface area (Å²) in [6.07, 6.45) is -1.54. The second-order valence-electron chi connectivity index (χ2n) is 6.04. The average Bonchev–Trinajstić information content (AvgIpc) is 2.70. The summed E-state index contributed by atoms with van der Waals surface area (Å²) >= 11 is 0. The Morgan fingerprint density at radius 1 is 0.857 bits per heavy atom. The van der Waals surface area contributed by atoms with Gasteiger partial charge in [-0.2, -0.15) is 0 Å². The van der Waals surface area contributed by atoms with E-state index in [1.165, 1.54) is 42.5 Å². The summed E-state index contributed by atoms with van der Waals surface area (Å²) in [5.41, 5.74) is 1.000. The van der Waals surface area contributed by atoms with Crippen molar-refractivity contribution in [3.63, 3.8) is 0 Å². The van der Waals surface area contributed by atoms with E-state index in [0.717, 1.165) is 0 Å². The van der Waals surface area contributed by atoms with Crippen LogP contribution in [-0.2, 0) is 20.7 Å². The molecule has 0 unspecified atom stereocenters. The first-order valence-electron chi connectivity index (χ1n) is 8.57. The van der Waals surface area contributed by atoms with Gasteiger partial charge >= 0.3 is 5.97 Å². The van der Waals surface area contributed by atoms with E-state index in [1.807, 2.05) is 0 Å². The van der Waals surface area contributed by atoms with E-state index in [2.05, 4.69) is 5.32 Å². The molecule has 3 aromatic carbocycles. The first-order chi connectivity index (χ1) is 13.5. The lowest BCUT2D eigenvalue weighted by Gasteiger charge is -2.18. The fourth-order valence-corrected chi connectivity index (χ4v) is 2.61. The van der Waals surface area contributed by atoms with Gasteiger partial charge in [-0.15, -0.1) is 0 Å². The Balaban J connectivity index is 1.77. The number of ether oxygens (including phenoxy) is 1. The summed E-state index contributed by atoms with van der Waals surface area (Å²) in [6, 6.07) is 19.5. The number of carbonyl (C=O) groups is 2. The molecule has 3 rings (SSSR count). The predicted molar refractivity (Wildman–Crippen MR) is 100 cm³/mol. The number of benzene rings is 3. The lowest BCUT2D eigenvalue weighted by Crippen LogP contribution is -2.26. The minimum Gasteiger partial charge on any atom is -0.447 e. The largest absolute Gasteiger partial charge is 0.447 e. The Bertz CT molecular complexity index is 959. The maximum absolute atomic E-state index is 13.8. The molecule has 3 aromatic rings. The number of hydrogen-bond donors (Lipinski definition) is 1. The van der Waals surface area contributed by atoms with Gasteiger partial charge in [-0.05, 0) is 35.9 Å². The van der Waals surface area contributed by atoms with Crippen molar-refractivity contribution in [2.45, 2.75) is 12.5 Å². The normalized spacial score (nSPS) is 11.5. The van der Waals surface area contributed by atoms with E-state index < -0.39 is 29.6 Å². The molecule has 28 heavy (non-hydrogen) atoms. The number of hydrogen-bond acceptors (Lipinski definition) is 3. The summed E-state index contributed by atoms with van der Waals surface area (Å²) in [7, 11) is 0. The van der Waals surface area contributed by atoms with Crippen LogP contribution in [0, 0.1) is 11.6 Å². The zero-order chi connectivity index (χ0) is 19.9. The first kappa shape index (κ1) is 19.2. The SMILES string of the molecule is O=C(Cc1ccccc1F)O[C@H](C(=O)Nc1ccc(F)cc1)c1ccccc1. The standard InChI is InChI=1S/C22H17F2NO3/c23-17-10-12-18(13-11-17)25-22(27)21(15-6-2-1-3-7-15)28-20(26)14-16-8-4-5-9-19(16)24/h1-13,21H,14H2,(H,25,27)/t21-/m0/s1. The van der Waals surface area contributed by atoms with Gasteiger partial charge in [-0.25, -0.2) is 8.78 Å². The molecule has 6 heteroatoms. The van der Waals surface area contributed by atoms with Crippen molar-refractivity contribution < 1.29 is 23.1 Å². The van der Waals surface area contributed by atoms with Crippen LogP contribution in [0.1, 0.15) is 17.2 Å². The second kappa shape index (κ2) is 8.90. The Hall–Kier alpha value is -3.54. The van der Waals surface area contributed by atoms with E-state index in [9.17, 15) is 18.4 Å². The highest BCUT2D eigenvalue weighted by molar-refractivity contribution is 5.96. The van der Waals surface area contributed by atoms with Gasteiger partial charge in [0.15, 0.2) is 0 Å². The minimum absolute atomic E-state index is 0.179. The number of amides is 1. The molecule has 0 saturated carbocycles.